The molecule has 0 aliphatic heterocycles. The molecule has 1 unspecified atom stereocenters. The van der Waals surface area contributed by atoms with Crippen LogP contribution in [0.15, 0.2) is 53.0 Å². The zero-order valence-corrected chi connectivity index (χ0v) is 13.8. The fourth-order valence-corrected chi connectivity index (χ4v) is 2.37. The Bertz CT molecular complexity index is 616. The summed E-state index contributed by atoms with van der Waals surface area (Å²) in [7, 11) is 0. The fraction of sp³-hybridized carbons (Fsp3) is 0.188. The van der Waals surface area contributed by atoms with Crippen LogP contribution in [0.1, 0.15) is 18.5 Å². The largest absolute Gasteiger partial charge is 0.484 e. The predicted molar refractivity (Wildman–Crippen MR) is 87.6 cm³/mol. The van der Waals surface area contributed by atoms with Crippen LogP contribution in [0.25, 0.3) is 0 Å². The zero-order chi connectivity index (χ0) is 15.2. The summed E-state index contributed by atoms with van der Waals surface area (Å²) < 4.78 is 6.39. The van der Waals surface area contributed by atoms with E-state index in [-0.39, 0.29) is 18.6 Å². The van der Waals surface area contributed by atoms with Gasteiger partial charge in [0.15, 0.2) is 6.61 Å². The Labute approximate surface area is 137 Å². The number of halogens is 2. The summed E-state index contributed by atoms with van der Waals surface area (Å²) >= 11 is 9.20. The van der Waals surface area contributed by atoms with Gasteiger partial charge in [-0.15, -0.1) is 0 Å². The molecule has 0 aliphatic rings. The molecule has 110 valence electrons. The van der Waals surface area contributed by atoms with Gasteiger partial charge in [-0.25, -0.2) is 0 Å². The quantitative estimate of drug-likeness (QED) is 0.851. The molecular weight excluding hydrogens is 354 g/mol. The molecule has 5 heteroatoms. The van der Waals surface area contributed by atoms with Crippen molar-refractivity contribution in [2.45, 2.75) is 13.0 Å². The van der Waals surface area contributed by atoms with Gasteiger partial charge in [0.2, 0.25) is 0 Å². The maximum absolute atomic E-state index is 11.9. The average molecular weight is 369 g/mol. The standard InChI is InChI=1S/C16H15BrClNO2/c1-11(12-3-2-4-13(17)9-12)19-16(20)10-21-15-7-5-14(18)6-8-15/h2-9,11H,10H2,1H3,(H,19,20). The van der Waals surface area contributed by atoms with Gasteiger partial charge >= 0.3 is 0 Å². The van der Waals surface area contributed by atoms with Gasteiger partial charge in [-0.3, -0.25) is 4.79 Å². The van der Waals surface area contributed by atoms with Crippen molar-refractivity contribution < 1.29 is 9.53 Å². The first-order valence-corrected chi connectivity index (χ1v) is 7.65. The van der Waals surface area contributed by atoms with Crippen molar-refractivity contribution in [1.29, 1.82) is 0 Å². The van der Waals surface area contributed by atoms with E-state index in [2.05, 4.69) is 21.2 Å². The monoisotopic (exact) mass is 367 g/mol. The second-order valence-electron chi connectivity index (χ2n) is 4.59. The summed E-state index contributed by atoms with van der Waals surface area (Å²) in [4.78, 5) is 11.9. The maximum Gasteiger partial charge on any atom is 0.258 e. The number of hydrogen-bond donors (Lipinski definition) is 1. The van der Waals surface area contributed by atoms with Crippen molar-refractivity contribution >= 4 is 33.4 Å². The molecule has 0 saturated heterocycles. The predicted octanol–water partition coefficient (Wildman–Crippen LogP) is 4.36. The Hall–Kier alpha value is -1.52. The molecule has 0 radical (unpaired) electrons. The highest BCUT2D eigenvalue weighted by Crippen LogP contribution is 2.18. The number of benzene rings is 2. The van der Waals surface area contributed by atoms with E-state index < -0.39 is 0 Å². The van der Waals surface area contributed by atoms with Gasteiger partial charge in [0.1, 0.15) is 5.75 Å². The molecule has 0 bridgehead atoms. The highest BCUT2D eigenvalue weighted by molar-refractivity contribution is 9.10. The molecule has 2 rings (SSSR count). The van der Waals surface area contributed by atoms with Crippen LogP contribution in [-0.4, -0.2) is 12.5 Å². The molecule has 1 atom stereocenters. The highest BCUT2D eigenvalue weighted by Gasteiger charge is 2.10. The number of hydrogen-bond acceptors (Lipinski definition) is 2. The van der Waals surface area contributed by atoms with E-state index >= 15 is 0 Å². The van der Waals surface area contributed by atoms with E-state index in [9.17, 15) is 4.79 Å². The Morgan fingerprint density at radius 3 is 2.67 bits per heavy atom. The van der Waals surface area contributed by atoms with Crippen LogP contribution in [0.3, 0.4) is 0 Å². The minimum Gasteiger partial charge on any atom is -0.484 e. The lowest BCUT2D eigenvalue weighted by atomic mass is 10.1. The molecule has 21 heavy (non-hydrogen) atoms. The minimum absolute atomic E-state index is 0.0278. The molecule has 2 aromatic carbocycles. The van der Waals surface area contributed by atoms with Crippen LogP contribution in [0.4, 0.5) is 0 Å². The van der Waals surface area contributed by atoms with E-state index in [0.717, 1.165) is 10.0 Å². The van der Waals surface area contributed by atoms with Crippen LogP contribution in [0.5, 0.6) is 5.75 Å². The molecule has 0 heterocycles. The number of carbonyl (C=O) groups excluding carboxylic acids is 1. The van der Waals surface area contributed by atoms with Gasteiger partial charge in [-0.05, 0) is 48.9 Å². The second-order valence-corrected chi connectivity index (χ2v) is 5.94. The van der Waals surface area contributed by atoms with Gasteiger partial charge in [0, 0.05) is 9.50 Å². The van der Waals surface area contributed by atoms with Crippen LogP contribution in [0, 0.1) is 0 Å². The van der Waals surface area contributed by atoms with Crippen molar-refractivity contribution in [2.75, 3.05) is 6.61 Å². The highest BCUT2D eigenvalue weighted by atomic mass is 79.9. The van der Waals surface area contributed by atoms with Gasteiger partial charge in [-0.2, -0.15) is 0 Å². The van der Waals surface area contributed by atoms with Crippen LogP contribution in [0.2, 0.25) is 5.02 Å². The maximum atomic E-state index is 11.9. The third-order valence-corrected chi connectivity index (χ3v) is 3.65. The molecule has 0 saturated carbocycles. The molecule has 0 fully saturated rings. The smallest absolute Gasteiger partial charge is 0.258 e. The Kier molecular flexibility index (Phi) is 5.65. The summed E-state index contributed by atoms with van der Waals surface area (Å²) in [5, 5.41) is 3.53. The number of rotatable bonds is 5. The SMILES string of the molecule is CC(NC(=O)COc1ccc(Cl)cc1)c1cccc(Br)c1. The van der Waals surface area contributed by atoms with Crippen LogP contribution >= 0.6 is 27.5 Å². The van der Waals surface area contributed by atoms with Crippen molar-refractivity contribution in [2.24, 2.45) is 0 Å². The summed E-state index contributed by atoms with van der Waals surface area (Å²) in [6.07, 6.45) is 0. The third kappa shape index (κ3) is 5.06. The molecule has 0 aliphatic carbocycles. The molecular formula is C16H15BrClNO2. The summed E-state index contributed by atoms with van der Waals surface area (Å²) in [5.41, 5.74) is 1.03. The number of ether oxygens (including phenoxy) is 1. The van der Waals surface area contributed by atoms with E-state index in [4.69, 9.17) is 16.3 Å². The van der Waals surface area contributed by atoms with Crippen molar-refractivity contribution in [1.82, 2.24) is 5.32 Å². The lowest BCUT2D eigenvalue weighted by Crippen LogP contribution is -2.31. The lowest BCUT2D eigenvalue weighted by molar-refractivity contribution is -0.123. The van der Waals surface area contributed by atoms with E-state index in [1.807, 2.05) is 31.2 Å². The molecule has 0 spiro atoms. The molecule has 1 amide bonds. The topological polar surface area (TPSA) is 38.3 Å². The van der Waals surface area contributed by atoms with Gasteiger partial charge in [-0.1, -0.05) is 39.7 Å². The van der Waals surface area contributed by atoms with Crippen molar-refractivity contribution in [3.05, 3.63) is 63.6 Å². The second kappa shape index (κ2) is 7.48. The molecule has 2 aromatic rings. The Morgan fingerprint density at radius 2 is 2.00 bits per heavy atom. The molecule has 1 N–H and O–H groups in total. The van der Waals surface area contributed by atoms with Gasteiger partial charge in [0.05, 0.1) is 6.04 Å². The zero-order valence-electron chi connectivity index (χ0n) is 11.5. The van der Waals surface area contributed by atoms with Gasteiger partial charge in [0.25, 0.3) is 5.91 Å². The number of nitrogens with one attached hydrogen (secondary N) is 1. The van der Waals surface area contributed by atoms with Crippen LogP contribution in [-0.2, 0) is 4.79 Å². The normalized spacial score (nSPS) is 11.8. The summed E-state index contributed by atoms with van der Waals surface area (Å²) in [6.45, 7) is 1.90. The van der Waals surface area contributed by atoms with Crippen molar-refractivity contribution in [3.8, 4) is 5.75 Å². The summed E-state index contributed by atoms with van der Waals surface area (Å²) in [6, 6.07) is 14.6. The van der Waals surface area contributed by atoms with E-state index in [0.29, 0.717) is 10.8 Å². The van der Waals surface area contributed by atoms with E-state index in [1.54, 1.807) is 24.3 Å². The third-order valence-electron chi connectivity index (χ3n) is 2.91. The Balaban J connectivity index is 1.85. The lowest BCUT2D eigenvalue weighted by Gasteiger charge is -2.15. The first kappa shape index (κ1) is 15.9. The first-order chi connectivity index (χ1) is 10.0. The Morgan fingerprint density at radius 1 is 1.29 bits per heavy atom. The first-order valence-electron chi connectivity index (χ1n) is 6.48. The average Bonchev–Trinajstić information content (AvgIpc) is 2.46. The molecule has 3 nitrogen and oxygen atoms in total. The van der Waals surface area contributed by atoms with Gasteiger partial charge < -0.3 is 10.1 Å². The minimum atomic E-state index is -0.169. The number of carbonyl (C=O) groups is 1. The molecule has 0 aromatic heterocycles. The van der Waals surface area contributed by atoms with Crippen molar-refractivity contribution in [3.63, 3.8) is 0 Å². The fourth-order valence-electron chi connectivity index (χ4n) is 1.82. The van der Waals surface area contributed by atoms with E-state index in [1.165, 1.54) is 0 Å². The number of amides is 1. The summed E-state index contributed by atoms with van der Waals surface area (Å²) in [5.74, 6) is 0.446. The van der Waals surface area contributed by atoms with Crippen LogP contribution < -0.4 is 10.1 Å².